The molecule has 16 heavy (non-hydrogen) atoms. The SMILES string of the molecule is CC1CN(CCN2CCOCC2)CCC1N. The van der Waals surface area contributed by atoms with Crippen molar-refractivity contribution in [2.45, 2.75) is 19.4 Å². The largest absolute Gasteiger partial charge is 0.379 e. The molecular weight excluding hydrogens is 202 g/mol. The Balaban J connectivity index is 1.65. The topological polar surface area (TPSA) is 41.7 Å². The van der Waals surface area contributed by atoms with Crippen molar-refractivity contribution in [2.75, 3.05) is 52.5 Å². The summed E-state index contributed by atoms with van der Waals surface area (Å²) in [5, 5.41) is 0. The molecule has 2 rings (SSSR count). The fraction of sp³-hybridized carbons (Fsp3) is 1.00. The molecule has 2 heterocycles. The second-order valence-corrected chi connectivity index (χ2v) is 5.18. The van der Waals surface area contributed by atoms with Gasteiger partial charge in [0.15, 0.2) is 0 Å². The molecule has 0 aromatic rings. The van der Waals surface area contributed by atoms with Crippen LogP contribution in [0, 0.1) is 5.92 Å². The summed E-state index contributed by atoms with van der Waals surface area (Å²) in [6, 6.07) is 0.416. The van der Waals surface area contributed by atoms with E-state index < -0.39 is 0 Å². The van der Waals surface area contributed by atoms with Crippen LogP contribution in [0.4, 0.5) is 0 Å². The molecule has 2 fully saturated rings. The van der Waals surface area contributed by atoms with E-state index in [0.717, 1.165) is 32.7 Å². The van der Waals surface area contributed by atoms with Gasteiger partial charge in [-0.3, -0.25) is 4.90 Å². The molecule has 2 saturated heterocycles. The van der Waals surface area contributed by atoms with E-state index in [9.17, 15) is 0 Å². The van der Waals surface area contributed by atoms with Gasteiger partial charge < -0.3 is 15.4 Å². The van der Waals surface area contributed by atoms with Crippen molar-refractivity contribution in [3.05, 3.63) is 0 Å². The standard InChI is InChI=1S/C12H25N3O/c1-11-10-15(3-2-12(11)13)5-4-14-6-8-16-9-7-14/h11-12H,2-10,13H2,1H3. The normalized spacial score (nSPS) is 34.1. The molecule has 0 spiro atoms. The summed E-state index contributed by atoms with van der Waals surface area (Å²) in [6.45, 7) is 11.0. The number of morpholine rings is 1. The molecule has 4 nitrogen and oxygen atoms in total. The van der Waals surface area contributed by atoms with Crippen molar-refractivity contribution in [1.29, 1.82) is 0 Å². The number of hydrogen-bond acceptors (Lipinski definition) is 4. The van der Waals surface area contributed by atoms with Gasteiger partial charge in [0, 0.05) is 38.8 Å². The lowest BCUT2D eigenvalue weighted by Gasteiger charge is -2.36. The van der Waals surface area contributed by atoms with Crippen molar-refractivity contribution in [2.24, 2.45) is 11.7 Å². The quantitative estimate of drug-likeness (QED) is 0.736. The van der Waals surface area contributed by atoms with Crippen LogP contribution < -0.4 is 5.73 Å². The minimum absolute atomic E-state index is 0.416. The molecule has 2 aliphatic rings. The highest BCUT2D eigenvalue weighted by Crippen LogP contribution is 2.14. The Kier molecular flexibility index (Phi) is 4.58. The monoisotopic (exact) mass is 227 g/mol. The average molecular weight is 227 g/mol. The number of piperidine rings is 1. The van der Waals surface area contributed by atoms with E-state index in [0.29, 0.717) is 12.0 Å². The van der Waals surface area contributed by atoms with Crippen LogP contribution in [0.25, 0.3) is 0 Å². The number of nitrogens with zero attached hydrogens (tertiary/aromatic N) is 2. The van der Waals surface area contributed by atoms with E-state index in [1.165, 1.54) is 26.2 Å². The van der Waals surface area contributed by atoms with Gasteiger partial charge in [-0.15, -0.1) is 0 Å². The third-order valence-electron chi connectivity index (χ3n) is 3.89. The Morgan fingerprint density at radius 1 is 1.12 bits per heavy atom. The predicted molar refractivity (Wildman–Crippen MR) is 65.5 cm³/mol. The summed E-state index contributed by atoms with van der Waals surface area (Å²) < 4.78 is 5.35. The van der Waals surface area contributed by atoms with Crippen LogP contribution >= 0.6 is 0 Å². The first-order valence-corrected chi connectivity index (χ1v) is 6.54. The fourth-order valence-electron chi connectivity index (χ4n) is 2.56. The maximum atomic E-state index is 6.03. The molecule has 0 amide bonds. The van der Waals surface area contributed by atoms with Crippen molar-refractivity contribution in [3.8, 4) is 0 Å². The number of ether oxygens (including phenoxy) is 1. The molecule has 0 aliphatic carbocycles. The minimum Gasteiger partial charge on any atom is -0.379 e. The summed E-state index contributed by atoms with van der Waals surface area (Å²) in [4.78, 5) is 5.06. The Bertz CT molecular complexity index is 206. The maximum Gasteiger partial charge on any atom is 0.0594 e. The summed E-state index contributed by atoms with van der Waals surface area (Å²) in [5.74, 6) is 0.651. The highest BCUT2D eigenvalue weighted by molar-refractivity contribution is 4.80. The molecule has 2 unspecified atom stereocenters. The maximum absolute atomic E-state index is 6.03. The first kappa shape index (κ1) is 12.3. The van der Waals surface area contributed by atoms with Gasteiger partial charge in [-0.1, -0.05) is 6.92 Å². The van der Waals surface area contributed by atoms with Gasteiger partial charge in [0.05, 0.1) is 13.2 Å². The molecule has 4 heteroatoms. The lowest BCUT2D eigenvalue weighted by atomic mass is 9.95. The average Bonchev–Trinajstić information content (AvgIpc) is 2.32. The summed E-state index contributed by atoms with van der Waals surface area (Å²) in [7, 11) is 0. The Morgan fingerprint density at radius 3 is 2.50 bits per heavy atom. The van der Waals surface area contributed by atoms with Gasteiger partial charge in [0.2, 0.25) is 0 Å². The number of rotatable bonds is 3. The molecular formula is C12H25N3O. The third-order valence-corrected chi connectivity index (χ3v) is 3.89. The molecule has 0 bridgehead atoms. The summed E-state index contributed by atoms with van der Waals surface area (Å²) >= 11 is 0. The molecule has 2 atom stereocenters. The summed E-state index contributed by atoms with van der Waals surface area (Å²) in [5.41, 5.74) is 6.03. The molecule has 94 valence electrons. The molecule has 0 aromatic carbocycles. The molecule has 0 saturated carbocycles. The van der Waals surface area contributed by atoms with E-state index in [1.54, 1.807) is 0 Å². The van der Waals surface area contributed by atoms with Gasteiger partial charge >= 0.3 is 0 Å². The van der Waals surface area contributed by atoms with E-state index in [-0.39, 0.29) is 0 Å². The first-order chi connectivity index (χ1) is 7.75. The van der Waals surface area contributed by atoms with Crippen LogP contribution in [0.1, 0.15) is 13.3 Å². The van der Waals surface area contributed by atoms with Crippen LogP contribution in [0.3, 0.4) is 0 Å². The van der Waals surface area contributed by atoms with Crippen molar-refractivity contribution >= 4 is 0 Å². The van der Waals surface area contributed by atoms with Crippen LogP contribution in [0.2, 0.25) is 0 Å². The van der Waals surface area contributed by atoms with Crippen molar-refractivity contribution < 1.29 is 4.74 Å². The molecule has 2 aliphatic heterocycles. The molecule has 0 aromatic heterocycles. The zero-order valence-corrected chi connectivity index (χ0v) is 10.4. The minimum atomic E-state index is 0.416. The van der Waals surface area contributed by atoms with Crippen LogP contribution in [-0.4, -0.2) is 68.3 Å². The van der Waals surface area contributed by atoms with Crippen molar-refractivity contribution in [3.63, 3.8) is 0 Å². The van der Waals surface area contributed by atoms with Crippen LogP contribution in [0.5, 0.6) is 0 Å². The number of likely N-dealkylation sites (tertiary alicyclic amines) is 1. The van der Waals surface area contributed by atoms with Gasteiger partial charge in [-0.05, 0) is 18.9 Å². The second-order valence-electron chi connectivity index (χ2n) is 5.18. The number of hydrogen-bond donors (Lipinski definition) is 1. The Morgan fingerprint density at radius 2 is 1.81 bits per heavy atom. The fourth-order valence-corrected chi connectivity index (χ4v) is 2.56. The molecule has 0 radical (unpaired) electrons. The van der Waals surface area contributed by atoms with Gasteiger partial charge in [0.25, 0.3) is 0 Å². The van der Waals surface area contributed by atoms with Crippen LogP contribution in [-0.2, 0) is 4.74 Å². The molecule has 2 N–H and O–H groups in total. The van der Waals surface area contributed by atoms with E-state index in [2.05, 4.69) is 16.7 Å². The second kappa shape index (κ2) is 5.96. The van der Waals surface area contributed by atoms with E-state index in [4.69, 9.17) is 10.5 Å². The lowest BCUT2D eigenvalue weighted by molar-refractivity contribution is 0.0305. The zero-order valence-electron chi connectivity index (χ0n) is 10.4. The predicted octanol–water partition coefficient (Wildman–Crippen LogP) is -0.0123. The first-order valence-electron chi connectivity index (χ1n) is 6.54. The highest BCUT2D eigenvalue weighted by atomic mass is 16.5. The number of nitrogens with two attached hydrogens (primary N) is 1. The smallest absolute Gasteiger partial charge is 0.0594 e. The Labute approximate surface area is 98.7 Å². The van der Waals surface area contributed by atoms with E-state index >= 15 is 0 Å². The highest BCUT2D eigenvalue weighted by Gasteiger charge is 2.23. The van der Waals surface area contributed by atoms with Crippen LogP contribution in [0.15, 0.2) is 0 Å². The Hall–Kier alpha value is -0.160. The van der Waals surface area contributed by atoms with Gasteiger partial charge in [0.1, 0.15) is 0 Å². The third kappa shape index (κ3) is 3.42. The summed E-state index contributed by atoms with van der Waals surface area (Å²) in [6.07, 6.45) is 1.16. The van der Waals surface area contributed by atoms with E-state index in [1.807, 2.05) is 0 Å². The van der Waals surface area contributed by atoms with Gasteiger partial charge in [-0.25, -0.2) is 0 Å². The zero-order chi connectivity index (χ0) is 11.4. The van der Waals surface area contributed by atoms with Crippen molar-refractivity contribution in [1.82, 2.24) is 9.80 Å². The van der Waals surface area contributed by atoms with Gasteiger partial charge in [-0.2, -0.15) is 0 Å². The lowest BCUT2D eigenvalue weighted by Crippen LogP contribution is -2.48.